The van der Waals surface area contributed by atoms with Gasteiger partial charge in [0.05, 0.1) is 12.5 Å². The SMILES string of the molecule is CC(C)C(NC(=O)Cc1ccccc1)C(=O)NC1CCCc2cc(N)ccc21.Cl. The first-order chi connectivity index (χ1) is 13.4. The number of aryl methyl sites for hydroxylation is 1. The molecule has 0 spiro atoms. The second kappa shape index (κ2) is 10.3. The Morgan fingerprint density at radius 1 is 1.14 bits per heavy atom. The summed E-state index contributed by atoms with van der Waals surface area (Å²) >= 11 is 0. The lowest BCUT2D eigenvalue weighted by Gasteiger charge is -2.29. The average Bonchev–Trinajstić information content (AvgIpc) is 2.66. The summed E-state index contributed by atoms with van der Waals surface area (Å²) in [4.78, 5) is 25.4. The van der Waals surface area contributed by atoms with E-state index in [2.05, 4.69) is 10.6 Å². The van der Waals surface area contributed by atoms with E-state index in [1.54, 1.807) is 0 Å². The van der Waals surface area contributed by atoms with Crippen LogP contribution >= 0.6 is 12.4 Å². The highest BCUT2D eigenvalue weighted by Crippen LogP contribution is 2.31. The van der Waals surface area contributed by atoms with Gasteiger partial charge in [-0.1, -0.05) is 50.2 Å². The van der Waals surface area contributed by atoms with Gasteiger partial charge in [-0.15, -0.1) is 12.4 Å². The summed E-state index contributed by atoms with van der Waals surface area (Å²) in [6.45, 7) is 3.89. The highest BCUT2D eigenvalue weighted by atomic mass is 35.5. The number of hydrogen-bond acceptors (Lipinski definition) is 3. The lowest BCUT2D eigenvalue weighted by molar-refractivity contribution is -0.130. The highest BCUT2D eigenvalue weighted by Gasteiger charge is 2.28. The zero-order valence-electron chi connectivity index (χ0n) is 17.0. The molecule has 0 aromatic heterocycles. The van der Waals surface area contributed by atoms with Crippen molar-refractivity contribution in [2.24, 2.45) is 5.92 Å². The number of hydrogen-bond donors (Lipinski definition) is 3. The fourth-order valence-electron chi connectivity index (χ4n) is 3.79. The van der Waals surface area contributed by atoms with Crippen molar-refractivity contribution < 1.29 is 9.59 Å². The van der Waals surface area contributed by atoms with Crippen molar-refractivity contribution in [3.05, 3.63) is 65.2 Å². The van der Waals surface area contributed by atoms with E-state index in [-0.39, 0.29) is 42.6 Å². The third kappa shape index (κ3) is 5.97. The zero-order valence-corrected chi connectivity index (χ0v) is 17.8. The Balaban J connectivity index is 0.00000300. The maximum Gasteiger partial charge on any atom is 0.243 e. The molecule has 2 amide bonds. The Morgan fingerprint density at radius 2 is 1.86 bits per heavy atom. The number of halogens is 1. The molecule has 0 fully saturated rings. The van der Waals surface area contributed by atoms with E-state index >= 15 is 0 Å². The second-order valence-corrected chi connectivity index (χ2v) is 7.86. The number of fused-ring (bicyclic) bond motifs is 1. The Kier molecular flexibility index (Phi) is 8.09. The molecule has 2 aromatic rings. The van der Waals surface area contributed by atoms with E-state index in [9.17, 15) is 9.59 Å². The van der Waals surface area contributed by atoms with Crippen LogP contribution in [0, 0.1) is 5.92 Å². The largest absolute Gasteiger partial charge is 0.399 e. The van der Waals surface area contributed by atoms with Gasteiger partial charge in [-0.25, -0.2) is 0 Å². The van der Waals surface area contributed by atoms with Crippen LogP contribution < -0.4 is 16.4 Å². The van der Waals surface area contributed by atoms with Crippen LogP contribution in [0.15, 0.2) is 48.5 Å². The van der Waals surface area contributed by atoms with Crippen LogP contribution in [0.4, 0.5) is 5.69 Å². The Morgan fingerprint density at radius 3 is 2.55 bits per heavy atom. The van der Waals surface area contributed by atoms with E-state index in [0.717, 1.165) is 36.1 Å². The fourth-order valence-corrected chi connectivity index (χ4v) is 3.79. The van der Waals surface area contributed by atoms with Crippen molar-refractivity contribution in [2.45, 2.75) is 51.6 Å². The van der Waals surface area contributed by atoms with Gasteiger partial charge in [-0.05, 0) is 54.0 Å². The molecule has 0 radical (unpaired) electrons. The molecule has 0 aliphatic heterocycles. The van der Waals surface area contributed by atoms with Gasteiger partial charge >= 0.3 is 0 Å². The van der Waals surface area contributed by atoms with Crippen LogP contribution in [0.25, 0.3) is 0 Å². The van der Waals surface area contributed by atoms with E-state index in [1.807, 2.05) is 62.4 Å². The smallest absolute Gasteiger partial charge is 0.243 e. The predicted molar refractivity (Wildman–Crippen MR) is 119 cm³/mol. The molecule has 0 bridgehead atoms. The number of rotatable bonds is 6. The van der Waals surface area contributed by atoms with Crippen molar-refractivity contribution in [3.63, 3.8) is 0 Å². The first-order valence-corrected chi connectivity index (χ1v) is 9.96. The lowest BCUT2D eigenvalue weighted by atomic mass is 9.87. The first-order valence-electron chi connectivity index (χ1n) is 9.96. The van der Waals surface area contributed by atoms with Crippen molar-refractivity contribution in [1.29, 1.82) is 0 Å². The summed E-state index contributed by atoms with van der Waals surface area (Å²) in [5.74, 6) is -0.280. The van der Waals surface area contributed by atoms with Gasteiger partial charge in [-0.3, -0.25) is 9.59 Å². The van der Waals surface area contributed by atoms with Gasteiger partial charge in [0, 0.05) is 5.69 Å². The molecule has 1 aliphatic rings. The number of carbonyl (C=O) groups excluding carboxylic acids is 2. The maximum absolute atomic E-state index is 13.0. The molecule has 5 nitrogen and oxygen atoms in total. The van der Waals surface area contributed by atoms with E-state index in [1.165, 1.54) is 5.56 Å². The molecular weight excluding hydrogens is 386 g/mol. The number of nitrogens with one attached hydrogen (secondary N) is 2. The molecule has 2 atom stereocenters. The minimum absolute atomic E-state index is 0. The van der Waals surface area contributed by atoms with Gasteiger partial charge in [0.25, 0.3) is 0 Å². The zero-order chi connectivity index (χ0) is 20.1. The molecule has 2 aromatic carbocycles. The third-order valence-electron chi connectivity index (χ3n) is 5.27. The Labute approximate surface area is 178 Å². The average molecular weight is 416 g/mol. The number of benzene rings is 2. The molecule has 6 heteroatoms. The summed E-state index contributed by atoms with van der Waals surface area (Å²) in [6, 6.07) is 14.8. The van der Waals surface area contributed by atoms with Gasteiger partial charge in [0.1, 0.15) is 6.04 Å². The number of carbonyl (C=O) groups is 2. The van der Waals surface area contributed by atoms with Crippen LogP contribution in [0.1, 0.15) is 49.4 Å². The van der Waals surface area contributed by atoms with E-state index in [4.69, 9.17) is 5.73 Å². The van der Waals surface area contributed by atoms with Crippen molar-refractivity contribution in [3.8, 4) is 0 Å². The van der Waals surface area contributed by atoms with Crippen LogP contribution in [-0.2, 0) is 22.4 Å². The second-order valence-electron chi connectivity index (χ2n) is 7.86. The van der Waals surface area contributed by atoms with Crippen LogP contribution in [0.3, 0.4) is 0 Å². The van der Waals surface area contributed by atoms with Gasteiger partial charge in [0.15, 0.2) is 0 Å². The third-order valence-corrected chi connectivity index (χ3v) is 5.27. The number of nitrogens with two attached hydrogens (primary N) is 1. The molecule has 2 unspecified atom stereocenters. The van der Waals surface area contributed by atoms with Crippen LogP contribution in [0.2, 0.25) is 0 Å². The summed E-state index contributed by atoms with van der Waals surface area (Å²) in [6.07, 6.45) is 3.15. The number of nitrogen functional groups attached to an aromatic ring is 1. The van der Waals surface area contributed by atoms with E-state index in [0.29, 0.717) is 0 Å². The molecule has 29 heavy (non-hydrogen) atoms. The Bertz CT molecular complexity index is 839. The maximum atomic E-state index is 13.0. The topological polar surface area (TPSA) is 84.2 Å². The monoisotopic (exact) mass is 415 g/mol. The molecule has 156 valence electrons. The summed E-state index contributed by atoms with van der Waals surface area (Å²) in [5, 5.41) is 6.07. The molecule has 3 rings (SSSR count). The first kappa shape index (κ1) is 22.8. The van der Waals surface area contributed by atoms with Crippen molar-refractivity contribution >= 4 is 29.9 Å². The quantitative estimate of drug-likeness (QED) is 0.630. The number of anilines is 1. The molecular formula is C23H30ClN3O2. The minimum Gasteiger partial charge on any atom is -0.399 e. The normalized spacial score (nSPS) is 16.3. The number of amides is 2. The van der Waals surface area contributed by atoms with Gasteiger partial charge in [-0.2, -0.15) is 0 Å². The molecule has 0 saturated carbocycles. The van der Waals surface area contributed by atoms with E-state index < -0.39 is 6.04 Å². The summed E-state index contributed by atoms with van der Waals surface area (Å²) < 4.78 is 0. The van der Waals surface area contributed by atoms with Gasteiger partial charge in [0.2, 0.25) is 11.8 Å². The predicted octanol–water partition coefficient (Wildman–Crippen LogP) is 3.57. The van der Waals surface area contributed by atoms with Crippen molar-refractivity contribution in [1.82, 2.24) is 10.6 Å². The molecule has 1 aliphatic carbocycles. The lowest BCUT2D eigenvalue weighted by Crippen LogP contribution is -2.51. The summed E-state index contributed by atoms with van der Waals surface area (Å²) in [7, 11) is 0. The highest BCUT2D eigenvalue weighted by molar-refractivity contribution is 5.88. The molecule has 4 N–H and O–H groups in total. The fraction of sp³-hybridized carbons (Fsp3) is 0.391. The Hall–Kier alpha value is -2.53. The van der Waals surface area contributed by atoms with Crippen LogP contribution in [-0.4, -0.2) is 17.9 Å². The van der Waals surface area contributed by atoms with Gasteiger partial charge < -0.3 is 16.4 Å². The van der Waals surface area contributed by atoms with Crippen molar-refractivity contribution in [2.75, 3.05) is 5.73 Å². The molecule has 0 saturated heterocycles. The minimum atomic E-state index is -0.560. The summed E-state index contributed by atoms with van der Waals surface area (Å²) in [5.41, 5.74) is 9.91. The molecule has 0 heterocycles. The standard InChI is InChI=1S/C23H29N3O2.ClH/c1-15(2)22(26-21(27)13-16-7-4-3-5-8-16)23(28)25-20-10-6-9-17-14-18(24)11-12-19(17)20;/h3-5,7-8,11-12,14-15,20,22H,6,9-10,13,24H2,1-2H3,(H,25,28)(H,26,27);1H. The van der Waals surface area contributed by atoms with Crippen LogP contribution in [0.5, 0.6) is 0 Å².